The Morgan fingerprint density at radius 3 is 1.34 bits per heavy atom. The highest BCUT2D eigenvalue weighted by Gasteiger charge is 2.44. The normalized spacial score (nSPS) is 15.1. The maximum Gasteiger partial charge on any atom is 0.330 e. The minimum absolute atomic E-state index is 0.112. The quantitative estimate of drug-likeness (QED) is 0.0177. The maximum atomic E-state index is 13.9. The number of carboxylic acids is 1. The fourth-order valence-corrected chi connectivity index (χ4v) is 10.7. The lowest BCUT2D eigenvalue weighted by atomic mass is 9.87. The number of aryl methyl sites for hydroxylation is 4. The Bertz CT molecular complexity index is 3650. The van der Waals surface area contributed by atoms with E-state index in [9.17, 15) is 57.5 Å². The summed E-state index contributed by atoms with van der Waals surface area (Å²) in [6.45, 7) is 21.4. The fourth-order valence-electron chi connectivity index (χ4n) is 10.7. The Morgan fingerprint density at radius 2 is 0.970 bits per heavy atom. The molecule has 4 atom stereocenters. The highest BCUT2D eigenvalue weighted by Crippen LogP contribution is 2.33. The summed E-state index contributed by atoms with van der Waals surface area (Å²) in [6.07, 6.45) is 3.78. The van der Waals surface area contributed by atoms with E-state index in [-0.39, 0.29) is 82.9 Å². The highest BCUT2D eigenvalue weighted by atomic mass is 16.6. The Balaban J connectivity index is 0.000000362. The Kier molecular flexibility index (Phi) is 30.4. The number of carboxylic acid groups (broad SMARTS) is 1. The first kappa shape index (κ1) is 80.5. The lowest BCUT2D eigenvalue weighted by Crippen LogP contribution is -2.53. The van der Waals surface area contributed by atoms with Crippen molar-refractivity contribution in [2.45, 2.75) is 182 Å². The number of nitrogens with one attached hydrogen (secondary N) is 2. The first-order valence-electron chi connectivity index (χ1n) is 33.1. The van der Waals surface area contributed by atoms with Crippen LogP contribution in [0.1, 0.15) is 171 Å². The summed E-state index contributed by atoms with van der Waals surface area (Å²) in [6, 6.07) is 19.2. The van der Waals surface area contributed by atoms with Crippen molar-refractivity contribution < 1.29 is 95.8 Å². The van der Waals surface area contributed by atoms with Gasteiger partial charge in [-0.2, -0.15) is 0 Å². The number of aliphatic carboxylic acids is 1. The van der Waals surface area contributed by atoms with Crippen molar-refractivity contribution in [3.05, 3.63) is 132 Å². The van der Waals surface area contributed by atoms with E-state index >= 15 is 0 Å². The Labute approximate surface area is 583 Å². The standard InChI is InChI=1S/C39H51N3O10.C35H43N3O10/c1-9-33(44)50-24-39(6,7)35(46)36(47)42-22-11-10-14-28(42)37(48)51-29(19-18-26-17-16-25(2)30(23-26)49-8)27-13-12-15-31(40-27)41-32(43)20-21-34(45)52-38(3,4)5;1-6-31(42)47-21-35(3,4)32(43)33(44)38-19-8-7-11-25(38)34(45)48-26(16-15-23-14-13-22(2)27(20-23)46-5)24-10-9-12-28(36-24)37-29(39)17-18-30(40)41/h9,12-13,15-17,23,28-29H,1,10-11,14,18-22,24H2,2-8H3,(H,40,41,43);6,9-10,12-14,20,25-26H,1,7-8,11,15-19,21H2,2-5H3,(H,40,41)(H,36,37,39)/t28-,29+;25-,26+/m00/s1. The second-order valence-corrected chi connectivity index (χ2v) is 26.6. The fraction of sp³-hybridized carbons (Fsp3) is 0.486. The number of ketones is 2. The van der Waals surface area contributed by atoms with Crippen molar-refractivity contribution in [3.8, 4) is 11.5 Å². The molecule has 26 heteroatoms. The first-order chi connectivity index (χ1) is 47.2. The summed E-state index contributed by atoms with van der Waals surface area (Å²) in [5, 5.41) is 14.2. The van der Waals surface area contributed by atoms with Crippen LogP contribution in [0.25, 0.3) is 0 Å². The van der Waals surface area contributed by atoms with Crippen molar-refractivity contribution in [3.63, 3.8) is 0 Å². The molecule has 4 heterocycles. The van der Waals surface area contributed by atoms with Crippen LogP contribution in [0.5, 0.6) is 11.5 Å². The van der Waals surface area contributed by atoms with E-state index in [1.807, 2.05) is 50.2 Å². The molecule has 4 aromatic rings. The molecular formula is C74H94N6O20. The average Bonchev–Trinajstić information content (AvgIpc) is 0.810. The van der Waals surface area contributed by atoms with E-state index < -0.39 is 112 Å². The van der Waals surface area contributed by atoms with Crippen LogP contribution < -0.4 is 20.1 Å². The van der Waals surface area contributed by atoms with Gasteiger partial charge in [-0.3, -0.25) is 38.4 Å². The number of piperidine rings is 2. The van der Waals surface area contributed by atoms with Crippen LogP contribution in [-0.4, -0.2) is 154 Å². The number of carbonyl (C=O) groups excluding carboxylic acids is 11. The molecule has 0 spiro atoms. The maximum absolute atomic E-state index is 13.9. The van der Waals surface area contributed by atoms with Gasteiger partial charge in [-0.05, 0) is 185 Å². The summed E-state index contributed by atoms with van der Waals surface area (Å²) >= 11 is 0. The van der Waals surface area contributed by atoms with E-state index in [2.05, 4.69) is 33.8 Å². The first-order valence-corrected chi connectivity index (χ1v) is 33.1. The Hall–Kier alpha value is -10.1. The molecule has 2 aromatic carbocycles. The molecule has 0 bridgehead atoms. The molecule has 540 valence electrons. The van der Waals surface area contributed by atoms with Crippen LogP contribution in [0.15, 0.2) is 98.1 Å². The summed E-state index contributed by atoms with van der Waals surface area (Å²) < 4.78 is 38.4. The summed E-state index contributed by atoms with van der Waals surface area (Å²) in [4.78, 5) is 164. The van der Waals surface area contributed by atoms with Gasteiger partial charge in [0, 0.05) is 38.1 Å². The van der Waals surface area contributed by atoms with Crippen LogP contribution >= 0.6 is 0 Å². The van der Waals surface area contributed by atoms with Gasteiger partial charge < -0.3 is 58.7 Å². The van der Waals surface area contributed by atoms with Gasteiger partial charge in [0.2, 0.25) is 23.4 Å². The monoisotopic (exact) mass is 1390 g/mol. The molecule has 3 N–H and O–H groups in total. The number of Topliss-reactive ketones (excluding diaryl/α,β-unsaturated/α-hetero) is 2. The minimum Gasteiger partial charge on any atom is -0.496 e. The number of ether oxygens (including phenoxy) is 7. The van der Waals surface area contributed by atoms with Crippen molar-refractivity contribution in [1.29, 1.82) is 0 Å². The second kappa shape index (κ2) is 37.7. The molecule has 6 rings (SSSR count). The molecule has 0 aliphatic carbocycles. The third kappa shape index (κ3) is 25.0. The second-order valence-electron chi connectivity index (χ2n) is 26.6. The number of amides is 4. The number of aromatic nitrogens is 2. The van der Waals surface area contributed by atoms with Crippen molar-refractivity contribution >= 4 is 82.6 Å². The van der Waals surface area contributed by atoms with Crippen LogP contribution in [-0.2, 0) is 94.1 Å². The van der Waals surface area contributed by atoms with Gasteiger partial charge >= 0.3 is 35.8 Å². The molecule has 26 nitrogen and oxygen atoms in total. The number of pyridine rings is 2. The molecule has 4 amide bonds. The summed E-state index contributed by atoms with van der Waals surface area (Å²) in [7, 11) is 3.17. The van der Waals surface area contributed by atoms with E-state index in [1.54, 1.807) is 65.3 Å². The lowest BCUT2D eigenvalue weighted by Gasteiger charge is -2.36. The van der Waals surface area contributed by atoms with Gasteiger partial charge in [-0.15, -0.1) is 0 Å². The van der Waals surface area contributed by atoms with Crippen molar-refractivity contribution in [1.82, 2.24) is 19.8 Å². The third-order valence-electron chi connectivity index (χ3n) is 16.3. The van der Waals surface area contributed by atoms with Gasteiger partial charge in [-0.25, -0.2) is 29.1 Å². The number of benzene rings is 2. The van der Waals surface area contributed by atoms with Crippen LogP contribution in [0, 0.1) is 24.7 Å². The molecule has 2 saturated heterocycles. The van der Waals surface area contributed by atoms with E-state index in [1.165, 1.54) is 43.6 Å². The zero-order chi connectivity index (χ0) is 74.1. The van der Waals surface area contributed by atoms with E-state index in [4.69, 9.17) is 38.3 Å². The number of anilines is 2. The number of hydrogen-bond donors (Lipinski definition) is 3. The number of rotatable bonds is 32. The van der Waals surface area contributed by atoms with Gasteiger partial charge in [0.25, 0.3) is 11.8 Å². The molecule has 0 unspecified atom stereocenters. The summed E-state index contributed by atoms with van der Waals surface area (Å²) in [5.41, 5.74) is 1.07. The van der Waals surface area contributed by atoms with Gasteiger partial charge in [0.15, 0.2) is 0 Å². The number of carbonyl (C=O) groups is 12. The van der Waals surface area contributed by atoms with Crippen LogP contribution in [0.4, 0.5) is 11.6 Å². The van der Waals surface area contributed by atoms with Crippen molar-refractivity contribution in [2.75, 3.05) is 51.2 Å². The van der Waals surface area contributed by atoms with Crippen molar-refractivity contribution in [2.24, 2.45) is 10.8 Å². The largest absolute Gasteiger partial charge is 0.496 e. The SMILES string of the molecule is C=CC(=O)OCC(C)(C)C(=O)C(=O)N1CCCC[C@H]1C(=O)O[C@H](CCc1ccc(C)c(OC)c1)c1cccc(NC(=O)CCC(=O)O)n1.C=CC(=O)OCC(C)(C)C(=O)C(=O)N1CCCC[C@H]1C(=O)O[C@H](CCc1ccc(C)c(OC)c1)c1cccc(NC(=O)CCC(=O)OC(C)(C)C)n1. The topological polar surface area (TPSA) is 346 Å². The van der Waals surface area contributed by atoms with Gasteiger partial charge in [-0.1, -0.05) is 49.6 Å². The predicted molar refractivity (Wildman–Crippen MR) is 366 cm³/mol. The number of methoxy groups -OCH3 is 2. The Morgan fingerprint density at radius 1 is 0.570 bits per heavy atom. The molecule has 0 radical (unpaired) electrons. The van der Waals surface area contributed by atoms with Crippen LogP contribution in [0.2, 0.25) is 0 Å². The molecule has 2 aromatic heterocycles. The van der Waals surface area contributed by atoms with E-state index in [0.29, 0.717) is 67.8 Å². The third-order valence-corrected chi connectivity index (χ3v) is 16.3. The number of nitrogens with zero attached hydrogens (tertiary/aromatic N) is 4. The molecule has 100 heavy (non-hydrogen) atoms. The number of likely N-dealkylation sites (tertiary alicyclic amines) is 2. The average molecular weight is 1390 g/mol. The zero-order valence-electron chi connectivity index (χ0n) is 59.0. The minimum atomic E-state index is -1.35. The molecule has 0 saturated carbocycles. The number of hydrogen-bond acceptors (Lipinski definition) is 21. The van der Waals surface area contributed by atoms with Crippen LogP contribution in [0.3, 0.4) is 0 Å². The highest BCUT2D eigenvalue weighted by molar-refractivity contribution is 6.39. The van der Waals surface area contributed by atoms with Gasteiger partial charge in [0.05, 0.1) is 49.3 Å². The molecule has 2 aliphatic rings. The molecule has 2 aliphatic heterocycles. The zero-order valence-corrected chi connectivity index (χ0v) is 59.0. The molecule has 2 fully saturated rings. The van der Waals surface area contributed by atoms with Gasteiger partial charge in [0.1, 0.15) is 66.2 Å². The summed E-state index contributed by atoms with van der Waals surface area (Å²) in [5.74, 6) is -7.02. The smallest absolute Gasteiger partial charge is 0.330 e. The lowest BCUT2D eigenvalue weighted by molar-refractivity contribution is -0.166. The number of esters is 5. The molecular weight excluding hydrogens is 1290 g/mol. The predicted octanol–water partition coefficient (Wildman–Crippen LogP) is 9.51. The van der Waals surface area contributed by atoms with E-state index in [0.717, 1.165) is 34.4 Å².